The fourth-order valence-electron chi connectivity index (χ4n) is 3.95. The van der Waals surface area contributed by atoms with E-state index in [1.165, 1.54) is 5.56 Å². The van der Waals surface area contributed by atoms with Crippen LogP contribution in [0.15, 0.2) is 47.2 Å². The molecule has 0 saturated carbocycles. The van der Waals surface area contributed by atoms with E-state index in [4.69, 9.17) is 13.9 Å². The molecule has 6 heteroatoms. The average Bonchev–Trinajstić information content (AvgIpc) is 3.17. The average molecular weight is 396 g/mol. The third kappa shape index (κ3) is 4.48. The van der Waals surface area contributed by atoms with Crippen LogP contribution in [0.5, 0.6) is 11.5 Å². The summed E-state index contributed by atoms with van der Waals surface area (Å²) in [6.07, 6.45) is 5.85. The Kier molecular flexibility index (Phi) is 6.20. The van der Waals surface area contributed by atoms with Crippen molar-refractivity contribution in [3.05, 3.63) is 48.4 Å². The molecule has 1 aromatic carbocycles. The molecule has 0 amide bonds. The predicted octanol–water partition coefficient (Wildman–Crippen LogP) is 3.99. The number of methoxy groups -OCH3 is 1. The van der Waals surface area contributed by atoms with Crippen LogP contribution in [0.2, 0.25) is 0 Å². The van der Waals surface area contributed by atoms with Gasteiger partial charge in [-0.1, -0.05) is 0 Å². The van der Waals surface area contributed by atoms with Crippen molar-refractivity contribution in [1.82, 2.24) is 9.88 Å². The van der Waals surface area contributed by atoms with Gasteiger partial charge in [0.05, 0.1) is 20.0 Å². The molecular formula is C23H29N3O3. The lowest BCUT2D eigenvalue weighted by atomic mass is 10.1. The van der Waals surface area contributed by atoms with E-state index in [1.807, 2.05) is 43.6 Å². The van der Waals surface area contributed by atoms with Crippen molar-refractivity contribution in [2.45, 2.75) is 19.8 Å². The molecule has 3 heterocycles. The summed E-state index contributed by atoms with van der Waals surface area (Å²) in [5.74, 6) is 2.72. The second-order valence-electron chi connectivity index (χ2n) is 7.31. The maximum Gasteiger partial charge on any atom is 0.171 e. The van der Waals surface area contributed by atoms with Gasteiger partial charge in [0.15, 0.2) is 11.6 Å². The van der Waals surface area contributed by atoms with Crippen molar-refractivity contribution in [2.24, 2.45) is 0 Å². The van der Waals surface area contributed by atoms with Crippen LogP contribution in [-0.2, 0) is 6.42 Å². The molecule has 3 aromatic rings. The highest BCUT2D eigenvalue weighted by Crippen LogP contribution is 2.28. The summed E-state index contributed by atoms with van der Waals surface area (Å²) in [6.45, 7) is 7.79. The van der Waals surface area contributed by atoms with Crippen LogP contribution in [0, 0.1) is 0 Å². The number of hydrogen-bond donors (Lipinski definition) is 0. The van der Waals surface area contributed by atoms with E-state index < -0.39 is 0 Å². The molecule has 0 radical (unpaired) electrons. The minimum atomic E-state index is 0.660. The first-order chi connectivity index (χ1) is 14.3. The van der Waals surface area contributed by atoms with E-state index in [-0.39, 0.29) is 0 Å². The van der Waals surface area contributed by atoms with E-state index in [1.54, 1.807) is 7.11 Å². The summed E-state index contributed by atoms with van der Waals surface area (Å²) in [5, 5.41) is 1.16. The molecular weight excluding hydrogens is 366 g/mol. The summed E-state index contributed by atoms with van der Waals surface area (Å²) in [7, 11) is 1.70. The van der Waals surface area contributed by atoms with E-state index in [9.17, 15) is 0 Å². The lowest BCUT2D eigenvalue weighted by molar-refractivity contribution is 0.253. The molecule has 0 unspecified atom stereocenters. The Morgan fingerprint density at radius 1 is 1.14 bits per heavy atom. The van der Waals surface area contributed by atoms with Crippen LogP contribution in [-0.4, -0.2) is 56.3 Å². The van der Waals surface area contributed by atoms with E-state index in [2.05, 4.69) is 20.9 Å². The number of fused-ring (bicyclic) bond motifs is 1. The molecule has 1 fully saturated rings. The Bertz CT molecular complexity index is 932. The molecule has 6 nitrogen and oxygen atoms in total. The smallest absolute Gasteiger partial charge is 0.171 e. The second-order valence-corrected chi connectivity index (χ2v) is 7.31. The number of aryl methyl sites for hydroxylation is 1. The Balaban J connectivity index is 1.29. The number of piperazine rings is 1. The maximum absolute atomic E-state index is 5.74. The molecule has 1 saturated heterocycles. The van der Waals surface area contributed by atoms with Gasteiger partial charge in [0, 0.05) is 37.8 Å². The van der Waals surface area contributed by atoms with E-state index >= 15 is 0 Å². The van der Waals surface area contributed by atoms with Gasteiger partial charge in [0.25, 0.3) is 0 Å². The normalized spacial score (nSPS) is 15.0. The van der Waals surface area contributed by atoms with Crippen LogP contribution in [0.4, 0.5) is 5.82 Å². The SMILES string of the molecule is CCOc1cccnc1N1CCN(CCCc2coc3ccc(OC)cc23)CC1. The number of hydrogen-bond acceptors (Lipinski definition) is 6. The largest absolute Gasteiger partial charge is 0.497 e. The summed E-state index contributed by atoms with van der Waals surface area (Å²) in [4.78, 5) is 9.41. The molecule has 0 N–H and O–H groups in total. The predicted molar refractivity (Wildman–Crippen MR) is 115 cm³/mol. The summed E-state index contributed by atoms with van der Waals surface area (Å²) in [6, 6.07) is 9.91. The van der Waals surface area contributed by atoms with Crippen molar-refractivity contribution < 1.29 is 13.9 Å². The highest BCUT2D eigenvalue weighted by molar-refractivity contribution is 5.82. The van der Waals surface area contributed by atoms with Crippen molar-refractivity contribution in [3.8, 4) is 11.5 Å². The molecule has 0 spiro atoms. The van der Waals surface area contributed by atoms with Crippen LogP contribution >= 0.6 is 0 Å². The Morgan fingerprint density at radius 2 is 2.00 bits per heavy atom. The fourth-order valence-corrected chi connectivity index (χ4v) is 3.95. The van der Waals surface area contributed by atoms with Crippen LogP contribution < -0.4 is 14.4 Å². The van der Waals surface area contributed by atoms with Crippen molar-refractivity contribution in [2.75, 3.05) is 51.3 Å². The lowest BCUT2D eigenvalue weighted by Gasteiger charge is -2.35. The summed E-state index contributed by atoms with van der Waals surface area (Å²) >= 11 is 0. The van der Waals surface area contributed by atoms with E-state index in [0.29, 0.717) is 6.61 Å². The van der Waals surface area contributed by atoms with Gasteiger partial charge in [-0.15, -0.1) is 0 Å². The van der Waals surface area contributed by atoms with Gasteiger partial charge in [-0.05, 0) is 62.2 Å². The number of anilines is 1. The van der Waals surface area contributed by atoms with Gasteiger partial charge in [0.1, 0.15) is 11.3 Å². The zero-order chi connectivity index (χ0) is 20.1. The third-order valence-electron chi connectivity index (χ3n) is 5.50. The maximum atomic E-state index is 5.74. The zero-order valence-corrected chi connectivity index (χ0v) is 17.3. The topological polar surface area (TPSA) is 51.0 Å². The fraction of sp³-hybridized carbons (Fsp3) is 0.435. The summed E-state index contributed by atoms with van der Waals surface area (Å²) < 4.78 is 16.8. The molecule has 0 aliphatic carbocycles. The Morgan fingerprint density at radius 3 is 2.79 bits per heavy atom. The second kappa shape index (κ2) is 9.18. The molecule has 0 atom stereocenters. The Hall–Kier alpha value is -2.73. The van der Waals surface area contributed by atoms with Gasteiger partial charge in [-0.3, -0.25) is 4.90 Å². The molecule has 0 bridgehead atoms. The van der Waals surface area contributed by atoms with Crippen molar-refractivity contribution in [1.29, 1.82) is 0 Å². The number of aromatic nitrogens is 1. The third-order valence-corrected chi connectivity index (χ3v) is 5.50. The molecule has 29 heavy (non-hydrogen) atoms. The molecule has 1 aliphatic rings. The first-order valence-corrected chi connectivity index (χ1v) is 10.4. The number of nitrogens with zero attached hydrogens (tertiary/aromatic N) is 3. The van der Waals surface area contributed by atoms with Gasteiger partial charge in [0.2, 0.25) is 0 Å². The number of rotatable bonds is 8. The van der Waals surface area contributed by atoms with Gasteiger partial charge in [-0.2, -0.15) is 0 Å². The first-order valence-electron chi connectivity index (χ1n) is 10.4. The molecule has 154 valence electrons. The highest BCUT2D eigenvalue weighted by Gasteiger charge is 2.20. The van der Waals surface area contributed by atoms with Crippen molar-refractivity contribution >= 4 is 16.8 Å². The van der Waals surface area contributed by atoms with Crippen molar-refractivity contribution in [3.63, 3.8) is 0 Å². The minimum absolute atomic E-state index is 0.660. The number of benzene rings is 1. The molecule has 4 rings (SSSR count). The van der Waals surface area contributed by atoms with Crippen LogP contribution in [0.3, 0.4) is 0 Å². The van der Waals surface area contributed by atoms with Gasteiger partial charge >= 0.3 is 0 Å². The number of pyridine rings is 1. The number of furan rings is 1. The van der Waals surface area contributed by atoms with Gasteiger partial charge in [-0.25, -0.2) is 4.98 Å². The molecule has 2 aromatic heterocycles. The number of ether oxygens (including phenoxy) is 2. The standard InChI is InChI=1S/C23H29N3O3/c1-3-28-22-7-4-10-24-23(22)26-14-12-25(13-15-26)11-5-6-18-17-29-21-9-8-19(27-2)16-20(18)21/h4,7-10,16-17H,3,5-6,11-15H2,1-2H3. The van der Waals surface area contributed by atoms with Crippen LogP contribution in [0.25, 0.3) is 11.0 Å². The highest BCUT2D eigenvalue weighted by atomic mass is 16.5. The monoisotopic (exact) mass is 395 g/mol. The first kappa shape index (κ1) is 19.6. The van der Waals surface area contributed by atoms with Crippen LogP contribution in [0.1, 0.15) is 18.9 Å². The van der Waals surface area contributed by atoms with Gasteiger partial charge < -0.3 is 18.8 Å². The van der Waals surface area contributed by atoms with E-state index in [0.717, 1.165) is 73.9 Å². The quantitative estimate of drug-likeness (QED) is 0.575. The molecule has 1 aliphatic heterocycles. The zero-order valence-electron chi connectivity index (χ0n) is 17.3. The lowest BCUT2D eigenvalue weighted by Crippen LogP contribution is -2.47. The Labute approximate surface area is 172 Å². The minimum Gasteiger partial charge on any atom is -0.497 e. The summed E-state index contributed by atoms with van der Waals surface area (Å²) in [5.41, 5.74) is 2.18.